The first-order valence-electron chi connectivity index (χ1n) is 9.80. The van der Waals surface area contributed by atoms with Gasteiger partial charge in [0, 0.05) is 18.0 Å². The number of alkyl halides is 3. The lowest BCUT2D eigenvalue weighted by Crippen LogP contribution is -2.33. The van der Waals surface area contributed by atoms with E-state index < -0.39 is 17.8 Å². The molecule has 0 saturated carbocycles. The predicted octanol–water partition coefficient (Wildman–Crippen LogP) is 5.92. The lowest BCUT2D eigenvalue weighted by atomic mass is 9.86. The van der Waals surface area contributed by atoms with Gasteiger partial charge < -0.3 is 14.7 Å². The maximum Gasteiger partial charge on any atom is 0.415 e. The third-order valence-electron chi connectivity index (χ3n) is 4.96. The van der Waals surface area contributed by atoms with Crippen LogP contribution >= 0.6 is 0 Å². The summed E-state index contributed by atoms with van der Waals surface area (Å²) in [6.45, 7) is 6.06. The normalized spacial score (nSPS) is 17.1. The molecule has 160 valence electrons. The average molecular weight is 417 g/mol. The third kappa shape index (κ3) is 4.70. The lowest BCUT2D eigenvalue weighted by molar-refractivity contribution is -0.0959. The van der Waals surface area contributed by atoms with Gasteiger partial charge in [0.2, 0.25) is 0 Å². The zero-order valence-electron chi connectivity index (χ0n) is 17.3. The Hall–Kier alpha value is -2.73. The Morgan fingerprint density at radius 2 is 1.73 bits per heavy atom. The van der Waals surface area contributed by atoms with Crippen LogP contribution in [0.2, 0.25) is 0 Å². The topological polar surface area (TPSA) is 32.7 Å². The molecule has 0 aliphatic carbocycles. The quantitative estimate of drug-likeness (QED) is 0.656. The molecule has 0 aromatic heterocycles. The van der Waals surface area contributed by atoms with E-state index in [9.17, 15) is 18.3 Å². The molecule has 3 rings (SSSR count). The number of hydrogen-bond donors (Lipinski definition) is 1. The van der Waals surface area contributed by atoms with Gasteiger partial charge in [0.25, 0.3) is 0 Å². The van der Waals surface area contributed by atoms with E-state index in [1.807, 2.05) is 32.9 Å². The summed E-state index contributed by atoms with van der Waals surface area (Å²) in [5.41, 5.74) is 1.19. The summed E-state index contributed by atoms with van der Waals surface area (Å²) in [4.78, 5) is 1.61. The van der Waals surface area contributed by atoms with E-state index in [1.165, 1.54) is 6.08 Å². The Morgan fingerprint density at radius 1 is 1.03 bits per heavy atom. The highest BCUT2D eigenvalue weighted by Gasteiger charge is 2.42. The maximum atomic E-state index is 13.9. The number of aliphatic hydroxyl groups is 1. The molecular weight excluding hydrogens is 391 g/mol. The van der Waals surface area contributed by atoms with Crippen molar-refractivity contribution in [1.82, 2.24) is 0 Å². The molecule has 1 N–H and O–H groups in total. The zero-order chi connectivity index (χ0) is 21.9. The molecule has 0 amide bonds. The minimum Gasteiger partial charge on any atom is -0.491 e. The molecule has 1 aliphatic heterocycles. The first-order chi connectivity index (χ1) is 14.1. The molecule has 2 aromatic carbocycles. The van der Waals surface area contributed by atoms with Gasteiger partial charge in [0.15, 0.2) is 0 Å². The standard InChI is InChI=1S/C24H26F3NO2/c1-23(2,3)19-12-11-18(16-21(19)30-15-14-29)28-13-7-10-20(24(25,26)27)22(28)17-8-5-4-6-9-17/h4-13,16,22,29H,14-15H2,1-3H3. The molecule has 30 heavy (non-hydrogen) atoms. The van der Waals surface area contributed by atoms with Crippen LogP contribution in [-0.2, 0) is 5.41 Å². The molecule has 6 heteroatoms. The summed E-state index contributed by atoms with van der Waals surface area (Å²) in [5.74, 6) is 0.553. The molecule has 0 spiro atoms. The Balaban J connectivity index is 2.10. The Labute approximate surface area is 175 Å². The second-order valence-corrected chi connectivity index (χ2v) is 8.18. The number of allylic oxidation sites excluding steroid dienone is 2. The number of halogens is 3. The minimum absolute atomic E-state index is 0.109. The number of aliphatic hydroxyl groups excluding tert-OH is 1. The van der Waals surface area contributed by atoms with E-state index in [2.05, 4.69) is 0 Å². The summed E-state index contributed by atoms with van der Waals surface area (Å²) < 4.78 is 47.3. The molecule has 1 atom stereocenters. The van der Waals surface area contributed by atoms with Crippen LogP contribution in [0.3, 0.4) is 0 Å². The second-order valence-electron chi connectivity index (χ2n) is 8.18. The molecule has 3 nitrogen and oxygen atoms in total. The van der Waals surface area contributed by atoms with Crippen molar-refractivity contribution in [3.63, 3.8) is 0 Å². The fraction of sp³-hybridized carbons (Fsp3) is 0.333. The van der Waals surface area contributed by atoms with Crippen LogP contribution in [0.1, 0.15) is 37.9 Å². The fourth-order valence-electron chi connectivity index (χ4n) is 3.59. The van der Waals surface area contributed by atoms with Crippen LogP contribution in [0, 0.1) is 0 Å². The fourth-order valence-corrected chi connectivity index (χ4v) is 3.59. The van der Waals surface area contributed by atoms with Crippen LogP contribution in [0.25, 0.3) is 0 Å². The number of nitrogens with zero attached hydrogens (tertiary/aromatic N) is 1. The van der Waals surface area contributed by atoms with Gasteiger partial charge in [0.1, 0.15) is 12.4 Å². The number of anilines is 1. The summed E-state index contributed by atoms with van der Waals surface area (Å²) in [5, 5.41) is 9.18. The van der Waals surface area contributed by atoms with Crippen molar-refractivity contribution >= 4 is 5.69 Å². The Kier molecular flexibility index (Phi) is 6.27. The van der Waals surface area contributed by atoms with Gasteiger partial charge in [-0.2, -0.15) is 13.2 Å². The number of benzene rings is 2. The summed E-state index contributed by atoms with van der Waals surface area (Å²) in [7, 11) is 0. The monoisotopic (exact) mass is 417 g/mol. The largest absolute Gasteiger partial charge is 0.491 e. The highest BCUT2D eigenvalue weighted by atomic mass is 19.4. The maximum absolute atomic E-state index is 13.9. The van der Waals surface area contributed by atoms with Gasteiger partial charge >= 0.3 is 6.18 Å². The van der Waals surface area contributed by atoms with Crippen molar-refractivity contribution in [3.8, 4) is 5.75 Å². The van der Waals surface area contributed by atoms with Crippen molar-refractivity contribution in [1.29, 1.82) is 0 Å². The van der Waals surface area contributed by atoms with Gasteiger partial charge in [-0.05, 0) is 28.7 Å². The highest BCUT2D eigenvalue weighted by Crippen LogP contribution is 2.44. The smallest absolute Gasteiger partial charge is 0.415 e. The SMILES string of the molecule is CC(C)(C)c1ccc(N2C=CC=C(C(F)(F)F)C2c2ccccc2)cc1OCCO. The second kappa shape index (κ2) is 8.56. The van der Waals surface area contributed by atoms with Crippen molar-refractivity contribution in [2.45, 2.75) is 38.4 Å². The molecule has 0 fully saturated rings. The Bertz CT molecular complexity index is 928. The molecule has 1 unspecified atom stereocenters. The minimum atomic E-state index is -4.47. The van der Waals surface area contributed by atoms with E-state index >= 15 is 0 Å². The third-order valence-corrected chi connectivity index (χ3v) is 4.96. The van der Waals surface area contributed by atoms with E-state index in [1.54, 1.807) is 47.5 Å². The summed E-state index contributed by atoms with van der Waals surface area (Å²) in [6, 6.07) is 13.1. The van der Waals surface area contributed by atoms with Crippen LogP contribution in [0.4, 0.5) is 18.9 Å². The van der Waals surface area contributed by atoms with Crippen LogP contribution in [-0.4, -0.2) is 24.5 Å². The molecule has 0 saturated heterocycles. The first kappa shape index (κ1) is 22.0. The van der Waals surface area contributed by atoms with Crippen molar-refractivity contribution < 1.29 is 23.0 Å². The van der Waals surface area contributed by atoms with Crippen LogP contribution in [0.5, 0.6) is 5.75 Å². The Morgan fingerprint density at radius 3 is 2.33 bits per heavy atom. The number of ether oxygens (including phenoxy) is 1. The van der Waals surface area contributed by atoms with Gasteiger partial charge in [-0.25, -0.2) is 0 Å². The van der Waals surface area contributed by atoms with Gasteiger partial charge in [-0.1, -0.05) is 63.2 Å². The first-order valence-corrected chi connectivity index (χ1v) is 9.80. The van der Waals surface area contributed by atoms with Gasteiger partial charge in [-0.15, -0.1) is 0 Å². The molecule has 0 radical (unpaired) electrons. The van der Waals surface area contributed by atoms with Crippen molar-refractivity contribution in [2.75, 3.05) is 18.1 Å². The van der Waals surface area contributed by atoms with E-state index in [0.29, 0.717) is 17.0 Å². The highest BCUT2D eigenvalue weighted by molar-refractivity contribution is 5.62. The van der Waals surface area contributed by atoms with Crippen LogP contribution < -0.4 is 9.64 Å². The molecule has 1 heterocycles. The van der Waals surface area contributed by atoms with Gasteiger partial charge in [0.05, 0.1) is 18.2 Å². The van der Waals surface area contributed by atoms with E-state index in [4.69, 9.17) is 4.74 Å². The van der Waals surface area contributed by atoms with Crippen molar-refractivity contribution in [2.24, 2.45) is 0 Å². The van der Waals surface area contributed by atoms with Crippen molar-refractivity contribution in [3.05, 3.63) is 83.6 Å². The number of rotatable bonds is 5. The predicted molar refractivity (Wildman–Crippen MR) is 113 cm³/mol. The lowest BCUT2D eigenvalue weighted by Gasteiger charge is -2.36. The van der Waals surface area contributed by atoms with E-state index in [0.717, 1.165) is 11.6 Å². The molecule has 0 bridgehead atoms. The average Bonchev–Trinajstić information content (AvgIpc) is 2.70. The molecule has 2 aromatic rings. The van der Waals surface area contributed by atoms with E-state index in [-0.39, 0.29) is 18.6 Å². The zero-order valence-corrected chi connectivity index (χ0v) is 17.3. The molecular formula is C24H26F3NO2. The van der Waals surface area contributed by atoms with Gasteiger partial charge in [-0.3, -0.25) is 0 Å². The molecule has 1 aliphatic rings. The summed E-state index contributed by atoms with van der Waals surface area (Å²) in [6.07, 6.45) is -0.283. The van der Waals surface area contributed by atoms with Crippen LogP contribution in [0.15, 0.2) is 72.5 Å². The number of hydrogen-bond acceptors (Lipinski definition) is 3. The summed E-state index contributed by atoms with van der Waals surface area (Å²) >= 11 is 0.